The molecule has 162 valence electrons. The topological polar surface area (TPSA) is 122 Å². The van der Waals surface area contributed by atoms with Gasteiger partial charge in [0.2, 0.25) is 0 Å². The number of carboxylic acid groups (broad SMARTS) is 1. The number of carbonyl (C=O) groups excluding carboxylic acids is 3. The van der Waals surface area contributed by atoms with Gasteiger partial charge in [-0.05, 0) is 23.3 Å². The Balaban J connectivity index is 1.75. The van der Waals surface area contributed by atoms with E-state index in [-0.39, 0.29) is 11.3 Å². The quantitative estimate of drug-likeness (QED) is 0.228. The van der Waals surface area contributed by atoms with Crippen molar-refractivity contribution >= 4 is 23.8 Å². The highest BCUT2D eigenvalue weighted by atomic mass is 16.5. The molecule has 2 unspecified atom stereocenters. The van der Waals surface area contributed by atoms with E-state index in [0.717, 1.165) is 0 Å². The summed E-state index contributed by atoms with van der Waals surface area (Å²) in [5.74, 6) is -6.74. The first kappa shape index (κ1) is 22.2. The Labute approximate surface area is 183 Å². The van der Waals surface area contributed by atoms with E-state index in [2.05, 4.69) is 10.9 Å². The maximum Gasteiger partial charge on any atom is 0.328 e. The minimum Gasteiger partial charge on any atom is -0.480 e. The van der Waals surface area contributed by atoms with Gasteiger partial charge in [-0.2, -0.15) is 0 Å². The number of rotatable bonds is 7. The monoisotopic (exact) mass is 432 g/mol. The minimum absolute atomic E-state index is 0.245. The van der Waals surface area contributed by atoms with Crippen molar-refractivity contribution in [2.24, 2.45) is 0 Å². The lowest BCUT2D eigenvalue weighted by Crippen LogP contribution is -2.48. The Morgan fingerprint density at radius 2 is 1.03 bits per heavy atom. The van der Waals surface area contributed by atoms with Crippen LogP contribution in [0.3, 0.4) is 0 Å². The Morgan fingerprint density at radius 1 is 0.625 bits per heavy atom. The number of benzene rings is 3. The van der Waals surface area contributed by atoms with Crippen LogP contribution in [0.2, 0.25) is 0 Å². The van der Waals surface area contributed by atoms with Crippen molar-refractivity contribution in [2.75, 3.05) is 0 Å². The number of aliphatic carboxylic acids is 1. The number of hydrazine groups is 1. The van der Waals surface area contributed by atoms with Crippen LogP contribution in [0, 0.1) is 0 Å². The van der Waals surface area contributed by atoms with Gasteiger partial charge in [-0.1, -0.05) is 78.9 Å². The Bertz CT molecular complexity index is 1090. The summed E-state index contributed by atoms with van der Waals surface area (Å²) in [6, 6.07) is 24.3. The van der Waals surface area contributed by atoms with E-state index < -0.39 is 35.6 Å². The van der Waals surface area contributed by atoms with Crippen molar-refractivity contribution < 1.29 is 29.0 Å². The zero-order valence-electron chi connectivity index (χ0n) is 16.8. The summed E-state index contributed by atoms with van der Waals surface area (Å²) in [7, 11) is 0. The third kappa shape index (κ3) is 5.57. The summed E-state index contributed by atoms with van der Waals surface area (Å²) in [6.07, 6.45) is 0. The molecule has 2 atom stereocenters. The average Bonchev–Trinajstić information content (AvgIpc) is 2.80. The van der Waals surface area contributed by atoms with Gasteiger partial charge in [-0.15, -0.1) is 0 Å². The van der Waals surface area contributed by atoms with E-state index in [4.69, 9.17) is 4.74 Å². The first-order valence-corrected chi connectivity index (χ1v) is 9.66. The second-order valence-corrected chi connectivity index (χ2v) is 6.74. The fourth-order valence-electron chi connectivity index (χ4n) is 3.02. The average molecular weight is 432 g/mol. The SMILES string of the molecule is O=C(O)C(C(=O)NNC(=O)C(C(=O)Oc1ccccc1)c1ccccc1)c1ccccc1. The number of carboxylic acids is 1. The van der Waals surface area contributed by atoms with Crippen LogP contribution >= 0.6 is 0 Å². The molecular weight excluding hydrogens is 412 g/mol. The summed E-state index contributed by atoms with van der Waals surface area (Å²) >= 11 is 0. The van der Waals surface area contributed by atoms with Gasteiger partial charge in [0.15, 0.2) is 11.8 Å². The predicted octanol–water partition coefficient (Wildman–Crippen LogP) is 2.39. The van der Waals surface area contributed by atoms with Crippen LogP contribution in [0.1, 0.15) is 23.0 Å². The summed E-state index contributed by atoms with van der Waals surface area (Å²) < 4.78 is 5.31. The van der Waals surface area contributed by atoms with E-state index in [1.807, 2.05) is 0 Å². The fraction of sp³-hybridized carbons (Fsp3) is 0.0833. The van der Waals surface area contributed by atoms with Crippen molar-refractivity contribution in [1.82, 2.24) is 10.9 Å². The molecule has 0 heterocycles. The molecule has 0 aliphatic carbocycles. The second kappa shape index (κ2) is 10.5. The standard InChI is InChI=1S/C24H20N2O6/c27-21(19(23(29)30)16-10-4-1-5-11-16)25-26-22(28)20(17-12-6-2-7-13-17)24(31)32-18-14-8-3-9-15-18/h1-15,19-20H,(H,25,27)(H,26,28)(H,29,30). The van der Waals surface area contributed by atoms with Gasteiger partial charge >= 0.3 is 11.9 Å². The molecule has 0 radical (unpaired) electrons. The van der Waals surface area contributed by atoms with E-state index in [9.17, 15) is 24.3 Å². The molecule has 3 aromatic carbocycles. The smallest absolute Gasteiger partial charge is 0.328 e. The molecule has 8 heteroatoms. The summed E-state index contributed by atoms with van der Waals surface area (Å²) in [5, 5.41) is 9.45. The first-order chi connectivity index (χ1) is 15.5. The van der Waals surface area contributed by atoms with Gasteiger partial charge in [-0.3, -0.25) is 30.0 Å². The van der Waals surface area contributed by atoms with Crippen molar-refractivity contribution in [1.29, 1.82) is 0 Å². The maximum absolute atomic E-state index is 12.8. The summed E-state index contributed by atoms with van der Waals surface area (Å²) in [6.45, 7) is 0. The molecule has 0 aliphatic heterocycles. The van der Waals surface area contributed by atoms with Crippen molar-refractivity contribution in [3.05, 3.63) is 102 Å². The third-order valence-electron chi connectivity index (χ3n) is 4.54. The molecular formula is C24H20N2O6. The van der Waals surface area contributed by atoms with Crippen LogP contribution in [-0.2, 0) is 19.2 Å². The van der Waals surface area contributed by atoms with Crippen LogP contribution < -0.4 is 15.6 Å². The molecule has 0 aliphatic rings. The van der Waals surface area contributed by atoms with Crippen molar-refractivity contribution in [2.45, 2.75) is 11.8 Å². The third-order valence-corrected chi connectivity index (χ3v) is 4.54. The molecule has 32 heavy (non-hydrogen) atoms. The molecule has 0 fully saturated rings. The molecule has 0 spiro atoms. The van der Waals surface area contributed by atoms with Crippen LogP contribution in [0.25, 0.3) is 0 Å². The Morgan fingerprint density at radius 3 is 1.50 bits per heavy atom. The number of para-hydroxylation sites is 1. The van der Waals surface area contributed by atoms with E-state index in [1.165, 1.54) is 12.1 Å². The van der Waals surface area contributed by atoms with Gasteiger partial charge in [-0.25, -0.2) is 0 Å². The van der Waals surface area contributed by atoms with Gasteiger partial charge in [0.1, 0.15) is 5.75 Å². The number of hydrogen-bond donors (Lipinski definition) is 3. The highest BCUT2D eigenvalue weighted by Crippen LogP contribution is 2.20. The predicted molar refractivity (Wildman–Crippen MR) is 114 cm³/mol. The number of ether oxygens (including phenoxy) is 1. The largest absolute Gasteiger partial charge is 0.480 e. The van der Waals surface area contributed by atoms with Crippen LogP contribution in [-0.4, -0.2) is 28.9 Å². The van der Waals surface area contributed by atoms with Gasteiger partial charge in [0, 0.05) is 0 Å². The van der Waals surface area contributed by atoms with E-state index in [1.54, 1.807) is 78.9 Å². The number of carbonyl (C=O) groups is 4. The molecule has 2 amide bonds. The molecule has 0 saturated carbocycles. The zero-order valence-corrected chi connectivity index (χ0v) is 16.8. The highest BCUT2D eigenvalue weighted by molar-refractivity contribution is 6.06. The molecule has 3 rings (SSSR count). The van der Waals surface area contributed by atoms with Crippen LogP contribution in [0.5, 0.6) is 5.75 Å². The summed E-state index contributed by atoms with van der Waals surface area (Å²) in [5.41, 5.74) is 4.85. The fourth-order valence-corrected chi connectivity index (χ4v) is 3.02. The minimum atomic E-state index is -1.54. The van der Waals surface area contributed by atoms with Crippen molar-refractivity contribution in [3.8, 4) is 5.75 Å². The number of esters is 1. The molecule has 8 nitrogen and oxygen atoms in total. The number of hydrogen-bond acceptors (Lipinski definition) is 5. The molecule has 3 N–H and O–H groups in total. The lowest BCUT2D eigenvalue weighted by molar-refractivity contribution is -0.146. The number of nitrogens with one attached hydrogen (secondary N) is 2. The van der Waals surface area contributed by atoms with E-state index in [0.29, 0.717) is 5.56 Å². The van der Waals surface area contributed by atoms with Gasteiger partial charge in [0.05, 0.1) is 0 Å². The van der Waals surface area contributed by atoms with Gasteiger partial charge in [0.25, 0.3) is 11.8 Å². The second-order valence-electron chi connectivity index (χ2n) is 6.74. The van der Waals surface area contributed by atoms with E-state index >= 15 is 0 Å². The number of amides is 2. The molecule has 0 bridgehead atoms. The summed E-state index contributed by atoms with van der Waals surface area (Å²) in [4.78, 5) is 49.7. The molecule has 0 aromatic heterocycles. The Kier molecular flexibility index (Phi) is 7.32. The lowest BCUT2D eigenvalue weighted by atomic mass is 9.98. The maximum atomic E-state index is 12.8. The Hall–Kier alpha value is -4.46. The van der Waals surface area contributed by atoms with Crippen LogP contribution in [0.15, 0.2) is 91.0 Å². The molecule has 0 saturated heterocycles. The van der Waals surface area contributed by atoms with Gasteiger partial charge < -0.3 is 9.84 Å². The normalized spacial score (nSPS) is 12.1. The first-order valence-electron chi connectivity index (χ1n) is 9.66. The van der Waals surface area contributed by atoms with Crippen LogP contribution in [0.4, 0.5) is 0 Å². The highest BCUT2D eigenvalue weighted by Gasteiger charge is 2.33. The van der Waals surface area contributed by atoms with Crippen molar-refractivity contribution in [3.63, 3.8) is 0 Å². The molecule has 3 aromatic rings. The lowest BCUT2D eigenvalue weighted by Gasteiger charge is -2.18. The zero-order chi connectivity index (χ0) is 22.9.